The highest BCUT2D eigenvalue weighted by molar-refractivity contribution is 6.44. The van der Waals surface area contributed by atoms with Crippen LogP contribution < -0.4 is 5.73 Å². The first-order valence-electron chi connectivity index (χ1n) is 5.13. The number of aromatic amines is 1. The average molecular weight is 231 g/mol. The van der Waals surface area contributed by atoms with Gasteiger partial charge in [-0.15, -0.1) is 0 Å². The number of benzene rings is 1. The minimum absolute atomic E-state index is 0.353. The Morgan fingerprint density at radius 3 is 2.65 bits per heavy atom. The molecule has 0 radical (unpaired) electrons. The van der Waals surface area contributed by atoms with E-state index in [-0.39, 0.29) is 0 Å². The number of carbonyl (C=O) groups is 2. The van der Waals surface area contributed by atoms with Gasteiger partial charge in [-0.3, -0.25) is 9.59 Å². The van der Waals surface area contributed by atoms with E-state index in [9.17, 15) is 9.59 Å². The first kappa shape index (κ1) is 11.2. The molecule has 0 saturated carbocycles. The van der Waals surface area contributed by atoms with E-state index in [1.807, 2.05) is 0 Å². The first-order valence-corrected chi connectivity index (χ1v) is 5.13. The number of ketones is 1. The van der Waals surface area contributed by atoms with Crippen LogP contribution in [-0.2, 0) is 4.79 Å². The Kier molecular flexibility index (Phi) is 2.59. The second kappa shape index (κ2) is 3.93. The third-order valence-electron chi connectivity index (χ3n) is 2.55. The zero-order valence-corrected chi connectivity index (χ0v) is 9.65. The molecule has 0 spiro atoms. The molecule has 0 unspecified atom stereocenters. The number of amides is 1. The average Bonchev–Trinajstić information content (AvgIpc) is 2.69. The molecule has 1 aromatic heterocycles. The van der Waals surface area contributed by atoms with Crippen molar-refractivity contribution in [3.8, 4) is 0 Å². The number of hydrogen-bond donors (Lipinski definition) is 2. The lowest BCUT2D eigenvalue weighted by atomic mass is 10.1. The highest BCUT2D eigenvalue weighted by atomic mass is 16.2. The van der Waals surface area contributed by atoms with E-state index in [1.54, 1.807) is 32.3 Å². The molecule has 0 fully saturated rings. The fourth-order valence-electron chi connectivity index (χ4n) is 1.64. The van der Waals surface area contributed by atoms with Crippen LogP contribution in [0.2, 0.25) is 0 Å². The molecule has 2 rings (SSSR count). The smallest absolute Gasteiger partial charge is 0.294 e. The van der Waals surface area contributed by atoms with Crippen molar-refractivity contribution in [3.05, 3.63) is 30.0 Å². The SMILES string of the molecule is CN(C)C(=O)C(=O)c1c[nH]c2ccc(N)cc12. The van der Waals surface area contributed by atoms with E-state index in [1.165, 1.54) is 11.1 Å². The van der Waals surface area contributed by atoms with Crippen molar-refractivity contribution < 1.29 is 9.59 Å². The zero-order chi connectivity index (χ0) is 12.6. The summed E-state index contributed by atoms with van der Waals surface area (Å²) in [6.45, 7) is 0. The van der Waals surface area contributed by atoms with Gasteiger partial charge in [-0.25, -0.2) is 0 Å². The minimum atomic E-state index is -0.548. The zero-order valence-electron chi connectivity index (χ0n) is 9.65. The van der Waals surface area contributed by atoms with Gasteiger partial charge in [0.15, 0.2) is 0 Å². The van der Waals surface area contributed by atoms with Crippen molar-refractivity contribution in [2.45, 2.75) is 0 Å². The molecular weight excluding hydrogens is 218 g/mol. The van der Waals surface area contributed by atoms with Gasteiger partial charge >= 0.3 is 0 Å². The molecule has 1 heterocycles. The number of anilines is 1. The number of nitrogens with one attached hydrogen (secondary N) is 1. The number of carbonyl (C=O) groups excluding carboxylic acids is 2. The van der Waals surface area contributed by atoms with Gasteiger partial charge in [0, 0.05) is 36.9 Å². The van der Waals surface area contributed by atoms with E-state index in [4.69, 9.17) is 5.73 Å². The third-order valence-corrected chi connectivity index (χ3v) is 2.55. The number of fused-ring (bicyclic) bond motifs is 1. The molecule has 0 bridgehead atoms. The molecule has 0 aliphatic rings. The number of aromatic nitrogens is 1. The van der Waals surface area contributed by atoms with Gasteiger partial charge in [-0.05, 0) is 18.2 Å². The fourth-order valence-corrected chi connectivity index (χ4v) is 1.64. The maximum absolute atomic E-state index is 11.9. The van der Waals surface area contributed by atoms with Gasteiger partial charge < -0.3 is 15.6 Å². The van der Waals surface area contributed by atoms with Crippen LogP contribution in [-0.4, -0.2) is 35.7 Å². The number of nitrogens with zero attached hydrogens (tertiary/aromatic N) is 1. The summed E-state index contributed by atoms with van der Waals surface area (Å²) >= 11 is 0. The predicted octanol–water partition coefficient (Wildman–Crippen LogP) is 1.02. The summed E-state index contributed by atoms with van der Waals surface area (Å²) in [5, 5.41) is 0.671. The Morgan fingerprint density at radius 2 is 2.00 bits per heavy atom. The van der Waals surface area contributed by atoms with Crippen LogP contribution in [0.5, 0.6) is 0 Å². The van der Waals surface area contributed by atoms with Crippen LogP contribution >= 0.6 is 0 Å². The molecule has 0 saturated heterocycles. The summed E-state index contributed by atoms with van der Waals surface area (Å²) < 4.78 is 0. The molecule has 0 atom stereocenters. The van der Waals surface area contributed by atoms with Crippen molar-refractivity contribution in [2.75, 3.05) is 19.8 Å². The maximum atomic E-state index is 11.9. The van der Waals surface area contributed by atoms with E-state index >= 15 is 0 Å². The second-order valence-corrected chi connectivity index (χ2v) is 4.04. The van der Waals surface area contributed by atoms with Gasteiger partial charge in [0.05, 0.1) is 5.56 Å². The van der Waals surface area contributed by atoms with E-state index in [2.05, 4.69) is 4.98 Å². The van der Waals surface area contributed by atoms with Crippen molar-refractivity contribution in [1.29, 1.82) is 0 Å². The highest BCUT2D eigenvalue weighted by Gasteiger charge is 2.21. The minimum Gasteiger partial charge on any atom is -0.399 e. The molecule has 0 aliphatic carbocycles. The Labute approximate surface area is 98.2 Å². The van der Waals surface area contributed by atoms with Crippen LogP contribution in [0.25, 0.3) is 10.9 Å². The molecule has 0 aliphatic heterocycles. The van der Waals surface area contributed by atoms with Gasteiger partial charge in [-0.1, -0.05) is 0 Å². The van der Waals surface area contributed by atoms with E-state index in [0.29, 0.717) is 16.6 Å². The largest absolute Gasteiger partial charge is 0.399 e. The molecule has 1 aromatic carbocycles. The Hall–Kier alpha value is -2.30. The van der Waals surface area contributed by atoms with E-state index in [0.717, 1.165) is 5.52 Å². The predicted molar refractivity (Wildman–Crippen MR) is 65.7 cm³/mol. The highest BCUT2D eigenvalue weighted by Crippen LogP contribution is 2.21. The van der Waals surface area contributed by atoms with Crippen molar-refractivity contribution >= 4 is 28.3 Å². The molecule has 5 nitrogen and oxygen atoms in total. The van der Waals surface area contributed by atoms with Gasteiger partial charge in [-0.2, -0.15) is 0 Å². The number of H-pyrrole nitrogens is 1. The summed E-state index contributed by atoms with van der Waals surface area (Å²) in [5.41, 5.74) is 7.37. The summed E-state index contributed by atoms with van der Waals surface area (Å²) in [5.74, 6) is -1.08. The molecular formula is C12H13N3O2. The van der Waals surface area contributed by atoms with Crippen LogP contribution in [0.3, 0.4) is 0 Å². The summed E-state index contributed by atoms with van der Waals surface area (Å²) in [7, 11) is 3.09. The Balaban J connectivity index is 2.53. The topological polar surface area (TPSA) is 79.2 Å². The molecule has 2 aromatic rings. The normalized spacial score (nSPS) is 10.5. The van der Waals surface area contributed by atoms with Crippen molar-refractivity contribution in [3.63, 3.8) is 0 Å². The van der Waals surface area contributed by atoms with Crippen LogP contribution in [0.4, 0.5) is 5.69 Å². The standard InChI is InChI=1S/C12H13N3O2/c1-15(2)12(17)11(16)9-6-14-10-4-3-7(13)5-8(9)10/h3-6,14H,13H2,1-2H3. The number of hydrogen-bond acceptors (Lipinski definition) is 3. The summed E-state index contributed by atoms with van der Waals surface area (Å²) in [6, 6.07) is 5.20. The molecule has 1 amide bonds. The quantitative estimate of drug-likeness (QED) is 0.460. The summed E-state index contributed by atoms with van der Waals surface area (Å²) in [6.07, 6.45) is 1.54. The number of rotatable bonds is 2. The second-order valence-electron chi connectivity index (χ2n) is 4.04. The number of nitrogen functional groups attached to an aromatic ring is 1. The lowest BCUT2D eigenvalue weighted by Gasteiger charge is -2.07. The molecule has 17 heavy (non-hydrogen) atoms. The fraction of sp³-hybridized carbons (Fsp3) is 0.167. The van der Waals surface area contributed by atoms with Gasteiger partial charge in [0.25, 0.3) is 11.7 Å². The van der Waals surface area contributed by atoms with Crippen LogP contribution in [0.1, 0.15) is 10.4 Å². The van der Waals surface area contributed by atoms with Gasteiger partial charge in [0.1, 0.15) is 0 Å². The third kappa shape index (κ3) is 1.87. The Morgan fingerprint density at radius 1 is 1.29 bits per heavy atom. The lowest BCUT2D eigenvalue weighted by Crippen LogP contribution is -2.29. The number of Topliss-reactive ketones (excluding diaryl/α,β-unsaturated/α-hetero) is 1. The van der Waals surface area contributed by atoms with Gasteiger partial charge in [0.2, 0.25) is 0 Å². The number of nitrogens with two attached hydrogens (primary N) is 1. The maximum Gasteiger partial charge on any atom is 0.294 e. The van der Waals surface area contributed by atoms with Crippen molar-refractivity contribution in [2.24, 2.45) is 0 Å². The number of likely N-dealkylation sites (N-methyl/N-ethyl adjacent to an activating group) is 1. The first-order chi connectivity index (χ1) is 8.00. The van der Waals surface area contributed by atoms with Crippen LogP contribution in [0, 0.1) is 0 Å². The lowest BCUT2D eigenvalue weighted by molar-refractivity contribution is -0.124. The van der Waals surface area contributed by atoms with E-state index < -0.39 is 11.7 Å². The molecule has 88 valence electrons. The van der Waals surface area contributed by atoms with Crippen LogP contribution in [0.15, 0.2) is 24.4 Å². The molecule has 3 N–H and O–H groups in total. The van der Waals surface area contributed by atoms with Crippen molar-refractivity contribution in [1.82, 2.24) is 9.88 Å². The molecule has 5 heteroatoms. The monoisotopic (exact) mass is 231 g/mol. The summed E-state index contributed by atoms with van der Waals surface area (Å²) in [4.78, 5) is 27.7. The Bertz CT molecular complexity index is 599.